The van der Waals surface area contributed by atoms with Gasteiger partial charge < -0.3 is 19.9 Å². The molecule has 5 nitrogen and oxygen atoms in total. The molecule has 0 aliphatic rings. The predicted octanol–water partition coefficient (Wildman–Crippen LogP) is 2.47. The van der Waals surface area contributed by atoms with Crippen molar-refractivity contribution in [2.75, 3.05) is 20.0 Å². The Labute approximate surface area is 105 Å². The van der Waals surface area contributed by atoms with E-state index in [0.29, 0.717) is 28.9 Å². The van der Waals surface area contributed by atoms with Crippen molar-refractivity contribution in [3.63, 3.8) is 0 Å². The van der Waals surface area contributed by atoms with Crippen molar-refractivity contribution in [2.24, 2.45) is 0 Å². The Morgan fingerprint density at radius 1 is 0.944 bits per heavy atom. The summed E-state index contributed by atoms with van der Waals surface area (Å²) in [4.78, 5) is 4.14. The molecule has 0 amide bonds. The first-order chi connectivity index (χ1) is 8.74. The molecule has 0 radical (unpaired) electrons. The van der Waals surface area contributed by atoms with Crippen molar-refractivity contribution in [3.8, 4) is 23.3 Å². The van der Waals surface area contributed by atoms with Gasteiger partial charge in [0.05, 0.1) is 19.9 Å². The summed E-state index contributed by atoms with van der Waals surface area (Å²) in [5, 5.41) is 0. The molecule has 0 saturated heterocycles. The number of methoxy groups -OCH3 is 2. The van der Waals surface area contributed by atoms with Gasteiger partial charge in [0.1, 0.15) is 0 Å². The van der Waals surface area contributed by atoms with Crippen LogP contribution in [-0.4, -0.2) is 19.2 Å². The van der Waals surface area contributed by atoms with Gasteiger partial charge in [0.25, 0.3) is 0 Å². The molecule has 1 aromatic heterocycles. The molecule has 0 saturated carbocycles. The van der Waals surface area contributed by atoms with E-state index in [0.717, 1.165) is 0 Å². The lowest BCUT2D eigenvalue weighted by atomic mass is 10.3. The number of nitrogens with zero attached hydrogens (tertiary/aromatic N) is 1. The van der Waals surface area contributed by atoms with Crippen LogP contribution in [0.3, 0.4) is 0 Å². The number of hydrogen-bond donors (Lipinski definition) is 1. The van der Waals surface area contributed by atoms with E-state index in [4.69, 9.17) is 19.9 Å². The molecule has 2 N–H and O–H groups in total. The molecule has 2 aromatic rings. The Morgan fingerprint density at radius 3 is 2.33 bits per heavy atom. The molecule has 0 bridgehead atoms. The zero-order valence-corrected chi connectivity index (χ0v) is 10.2. The molecule has 0 fully saturated rings. The first-order valence-corrected chi connectivity index (χ1v) is 5.36. The third-order valence-electron chi connectivity index (χ3n) is 2.34. The maximum atomic E-state index is 5.68. The first kappa shape index (κ1) is 12.0. The molecule has 0 aliphatic carbocycles. The van der Waals surface area contributed by atoms with Gasteiger partial charge in [-0.2, -0.15) is 4.98 Å². The summed E-state index contributed by atoms with van der Waals surface area (Å²) in [6, 6.07) is 10.7. The summed E-state index contributed by atoms with van der Waals surface area (Å²) < 4.78 is 15.8. The van der Waals surface area contributed by atoms with E-state index in [1.54, 1.807) is 25.3 Å². The fourth-order valence-corrected chi connectivity index (χ4v) is 1.47. The summed E-state index contributed by atoms with van der Waals surface area (Å²) in [5.74, 6) is 1.95. The van der Waals surface area contributed by atoms with Crippen LogP contribution < -0.4 is 19.9 Å². The van der Waals surface area contributed by atoms with E-state index in [1.807, 2.05) is 18.2 Å². The van der Waals surface area contributed by atoms with Gasteiger partial charge in [-0.1, -0.05) is 12.1 Å². The molecule has 1 heterocycles. The lowest BCUT2D eigenvalue weighted by Gasteiger charge is -2.10. The number of benzene rings is 1. The standard InChI is InChI=1S/C13H14N2O3/c1-16-10-5-3-4-6-11(10)18-12-8-7-9(14)13(15-12)17-2/h3-8H,14H2,1-2H3. The molecular formula is C13H14N2O3. The molecule has 0 unspecified atom stereocenters. The van der Waals surface area contributed by atoms with Gasteiger partial charge in [0.15, 0.2) is 11.5 Å². The van der Waals surface area contributed by atoms with E-state index in [1.165, 1.54) is 7.11 Å². The minimum Gasteiger partial charge on any atom is -0.493 e. The molecule has 5 heteroatoms. The number of nitrogen functional groups attached to an aromatic ring is 1. The minimum atomic E-state index is 0.336. The van der Waals surface area contributed by atoms with Crippen LogP contribution in [0.1, 0.15) is 0 Å². The largest absolute Gasteiger partial charge is 0.493 e. The zero-order chi connectivity index (χ0) is 13.0. The average molecular weight is 246 g/mol. The summed E-state index contributed by atoms with van der Waals surface area (Å²) in [6.45, 7) is 0. The van der Waals surface area contributed by atoms with E-state index < -0.39 is 0 Å². The SMILES string of the molecule is COc1ccccc1Oc1ccc(N)c(OC)n1. The normalized spacial score (nSPS) is 9.89. The quantitative estimate of drug-likeness (QED) is 0.897. The second kappa shape index (κ2) is 5.27. The number of pyridine rings is 1. The van der Waals surface area contributed by atoms with Gasteiger partial charge in [-0.3, -0.25) is 0 Å². The van der Waals surface area contributed by atoms with E-state index in [-0.39, 0.29) is 0 Å². The van der Waals surface area contributed by atoms with Crippen molar-refractivity contribution in [2.45, 2.75) is 0 Å². The number of rotatable bonds is 4. The van der Waals surface area contributed by atoms with Gasteiger partial charge >= 0.3 is 0 Å². The van der Waals surface area contributed by atoms with E-state index in [2.05, 4.69) is 4.98 Å². The number of nitrogens with two attached hydrogens (primary N) is 1. The van der Waals surface area contributed by atoms with Crippen LogP contribution in [-0.2, 0) is 0 Å². The molecule has 94 valence electrons. The van der Waals surface area contributed by atoms with Gasteiger partial charge in [-0.15, -0.1) is 0 Å². The molecule has 18 heavy (non-hydrogen) atoms. The number of para-hydroxylation sites is 2. The van der Waals surface area contributed by atoms with Crippen LogP contribution in [0.25, 0.3) is 0 Å². The molecule has 2 rings (SSSR count). The highest BCUT2D eigenvalue weighted by molar-refractivity contribution is 5.50. The molecule has 0 atom stereocenters. The maximum Gasteiger partial charge on any atom is 0.240 e. The molecule has 0 aliphatic heterocycles. The van der Waals surface area contributed by atoms with Crippen LogP contribution in [0, 0.1) is 0 Å². The van der Waals surface area contributed by atoms with Crippen LogP contribution >= 0.6 is 0 Å². The van der Waals surface area contributed by atoms with Crippen LogP contribution in [0.15, 0.2) is 36.4 Å². The summed E-state index contributed by atoms with van der Waals surface area (Å²) >= 11 is 0. The zero-order valence-electron chi connectivity index (χ0n) is 10.2. The fourth-order valence-electron chi connectivity index (χ4n) is 1.47. The smallest absolute Gasteiger partial charge is 0.240 e. The maximum absolute atomic E-state index is 5.68. The Bertz CT molecular complexity index is 544. The molecule has 1 aromatic carbocycles. The van der Waals surface area contributed by atoms with Crippen molar-refractivity contribution in [1.82, 2.24) is 4.98 Å². The van der Waals surface area contributed by atoms with Crippen LogP contribution in [0.5, 0.6) is 23.3 Å². The summed E-state index contributed by atoms with van der Waals surface area (Å²) in [5.41, 5.74) is 6.14. The monoisotopic (exact) mass is 246 g/mol. The number of ether oxygens (including phenoxy) is 3. The minimum absolute atomic E-state index is 0.336. The van der Waals surface area contributed by atoms with Crippen LogP contribution in [0.2, 0.25) is 0 Å². The average Bonchev–Trinajstić information content (AvgIpc) is 2.41. The Kier molecular flexibility index (Phi) is 3.52. The van der Waals surface area contributed by atoms with Gasteiger partial charge in [-0.25, -0.2) is 0 Å². The highest BCUT2D eigenvalue weighted by atomic mass is 16.5. The van der Waals surface area contributed by atoms with Gasteiger partial charge in [0, 0.05) is 6.07 Å². The van der Waals surface area contributed by atoms with Crippen LogP contribution in [0.4, 0.5) is 5.69 Å². The van der Waals surface area contributed by atoms with Gasteiger partial charge in [0.2, 0.25) is 11.8 Å². The van der Waals surface area contributed by atoms with Crippen molar-refractivity contribution >= 4 is 5.69 Å². The highest BCUT2D eigenvalue weighted by Gasteiger charge is 2.08. The lowest BCUT2D eigenvalue weighted by molar-refractivity contribution is 0.363. The van der Waals surface area contributed by atoms with Crippen molar-refractivity contribution < 1.29 is 14.2 Å². The van der Waals surface area contributed by atoms with Crippen molar-refractivity contribution in [1.29, 1.82) is 0 Å². The predicted molar refractivity (Wildman–Crippen MR) is 68.3 cm³/mol. The fraction of sp³-hybridized carbons (Fsp3) is 0.154. The summed E-state index contributed by atoms with van der Waals surface area (Å²) in [6.07, 6.45) is 0. The van der Waals surface area contributed by atoms with E-state index >= 15 is 0 Å². The second-order valence-corrected chi connectivity index (χ2v) is 3.50. The third kappa shape index (κ3) is 2.45. The number of anilines is 1. The van der Waals surface area contributed by atoms with Gasteiger partial charge in [-0.05, 0) is 18.2 Å². The second-order valence-electron chi connectivity index (χ2n) is 3.50. The number of aromatic nitrogens is 1. The van der Waals surface area contributed by atoms with Crippen molar-refractivity contribution in [3.05, 3.63) is 36.4 Å². The Balaban J connectivity index is 2.28. The first-order valence-electron chi connectivity index (χ1n) is 5.36. The lowest BCUT2D eigenvalue weighted by Crippen LogP contribution is -1.97. The topological polar surface area (TPSA) is 66.6 Å². The molecular weight excluding hydrogens is 232 g/mol. The molecule has 0 spiro atoms. The Morgan fingerprint density at radius 2 is 1.67 bits per heavy atom. The Hall–Kier alpha value is -2.43. The number of hydrogen-bond acceptors (Lipinski definition) is 5. The highest BCUT2D eigenvalue weighted by Crippen LogP contribution is 2.31. The third-order valence-corrected chi connectivity index (χ3v) is 2.34. The van der Waals surface area contributed by atoms with E-state index in [9.17, 15) is 0 Å². The summed E-state index contributed by atoms with van der Waals surface area (Å²) in [7, 11) is 3.09.